The summed E-state index contributed by atoms with van der Waals surface area (Å²) in [6, 6.07) is 5.08. The van der Waals surface area contributed by atoms with Crippen molar-refractivity contribution in [3.8, 4) is 0 Å². The van der Waals surface area contributed by atoms with E-state index in [4.69, 9.17) is 0 Å². The SMILES string of the molecule is CC(C(=O)NCC(=O)Nc1ccc(F)c(F)c1F)N1CCC(C(=O)NCCc2cccs2)CC1. The van der Waals surface area contributed by atoms with Crippen molar-refractivity contribution in [1.29, 1.82) is 0 Å². The smallest absolute Gasteiger partial charge is 0.243 e. The molecule has 2 aromatic rings. The molecule has 0 bridgehead atoms. The summed E-state index contributed by atoms with van der Waals surface area (Å²) in [6.45, 7) is 2.96. The van der Waals surface area contributed by atoms with Gasteiger partial charge in [-0.1, -0.05) is 6.07 Å². The van der Waals surface area contributed by atoms with E-state index >= 15 is 0 Å². The van der Waals surface area contributed by atoms with Crippen LogP contribution in [-0.4, -0.2) is 54.8 Å². The third-order valence-electron chi connectivity index (χ3n) is 5.81. The Bertz CT molecular complexity index is 1010. The largest absolute Gasteiger partial charge is 0.355 e. The number of anilines is 1. The van der Waals surface area contributed by atoms with Crippen LogP contribution in [0.15, 0.2) is 29.6 Å². The quantitative estimate of drug-likeness (QED) is 0.466. The number of nitrogens with one attached hydrogen (secondary N) is 3. The first-order valence-electron chi connectivity index (χ1n) is 11.0. The molecule has 11 heteroatoms. The third kappa shape index (κ3) is 6.80. The summed E-state index contributed by atoms with van der Waals surface area (Å²) >= 11 is 1.66. The van der Waals surface area contributed by atoms with E-state index in [1.807, 2.05) is 22.4 Å². The molecule has 1 saturated heterocycles. The van der Waals surface area contributed by atoms with Crippen molar-refractivity contribution in [2.75, 3.05) is 31.5 Å². The number of carbonyl (C=O) groups is 3. The van der Waals surface area contributed by atoms with Crippen molar-refractivity contribution in [1.82, 2.24) is 15.5 Å². The molecule has 1 aromatic heterocycles. The Morgan fingerprint density at radius 2 is 1.82 bits per heavy atom. The molecule has 0 spiro atoms. The van der Waals surface area contributed by atoms with Crippen LogP contribution >= 0.6 is 11.3 Å². The molecule has 3 N–H and O–H groups in total. The Morgan fingerprint density at radius 3 is 2.50 bits per heavy atom. The lowest BCUT2D eigenvalue weighted by molar-refractivity contribution is -0.130. The molecule has 1 atom stereocenters. The first-order valence-corrected chi connectivity index (χ1v) is 11.9. The van der Waals surface area contributed by atoms with Gasteiger partial charge in [0, 0.05) is 17.3 Å². The monoisotopic (exact) mass is 496 g/mol. The number of amides is 3. The van der Waals surface area contributed by atoms with Gasteiger partial charge in [0.2, 0.25) is 17.7 Å². The predicted molar refractivity (Wildman–Crippen MR) is 123 cm³/mol. The number of benzene rings is 1. The van der Waals surface area contributed by atoms with E-state index in [1.165, 1.54) is 4.88 Å². The Labute approximate surface area is 199 Å². The maximum atomic E-state index is 13.7. The molecule has 0 radical (unpaired) electrons. The van der Waals surface area contributed by atoms with Crippen molar-refractivity contribution in [3.05, 3.63) is 52.0 Å². The highest BCUT2D eigenvalue weighted by Crippen LogP contribution is 2.20. The molecule has 3 rings (SSSR count). The van der Waals surface area contributed by atoms with E-state index in [1.54, 1.807) is 18.3 Å². The minimum atomic E-state index is -1.69. The lowest BCUT2D eigenvalue weighted by atomic mass is 9.95. The fourth-order valence-corrected chi connectivity index (χ4v) is 4.46. The molecule has 2 heterocycles. The number of hydrogen-bond acceptors (Lipinski definition) is 5. The zero-order valence-corrected chi connectivity index (χ0v) is 19.5. The fourth-order valence-electron chi connectivity index (χ4n) is 3.75. The van der Waals surface area contributed by atoms with E-state index < -0.39 is 47.5 Å². The summed E-state index contributed by atoms with van der Waals surface area (Å²) in [6.07, 6.45) is 2.05. The Morgan fingerprint density at radius 1 is 1.09 bits per heavy atom. The number of nitrogens with zero attached hydrogens (tertiary/aromatic N) is 1. The second-order valence-electron chi connectivity index (χ2n) is 8.10. The summed E-state index contributed by atoms with van der Waals surface area (Å²) in [7, 11) is 0. The standard InChI is InChI=1S/C23H27F3N4O3S/c1-14(22(32)28-13-19(31)29-18-5-4-17(24)20(25)21(18)26)30-10-7-15(8-11-30)23(33)27-9-6-16-3-2-12-34-16/h2-5,12,14-15H,6-11,13H2,1H3,(H,27,33)(H,28,32)(H,29,31). The zero-order chi connectivity index (χ0) is 24.7. The molecule has 1 aliphatic heterocycles. The van der Waals surface area contributed by atoms with Gasteiger partial charge in [-0.15, -0.1) is 11.3 Å². The average Bonchev–Trinajstić information content (AvgIpc) is 3.36. The molecular weight excluding hydrogens is 469 g/mol. The maximum absolute atomic E-state index is 13.7. The summed E-state index contributed by atoms with van der Waals surface area (Å²) in [5, 5.41) is 9.54. The molecule has 1 aliphatic rings. The van der Waals surface area contributed by atoms with E-state index in [0.717, 1.165) is 12.5 Å². The Kier molecular flexibility index (Phi) is 9.05. The molecule has 7 nitrogen and oxygen atoms in total. The highest BCUT2D eigenvalue weighted by Gasteiger charge is 2.29. The minimum Gasteiger partial charge on any atom is -0.355 e. The van der Waals surface area contributed by atoms with E-state index in [2.05, 4.69) is 16.0 Å². The van der Waals surface area contributed by atoms with Crippen LogP contribution in [0.2, 0.25) is 0 Å². The second-order valence-corrected chi connectivity index (χ2v) is 9.13. The van der Waals surface area contributed by atoms with E-state index in [0.29, 0.717) is 38.5 Å². The van der Waals surface area contributed by atoms with Crippen molar-refractivity contribution in [2.45, 2.75) is 32.2 Å². The summed E-state index contributed by atoms with van der Waals surface area (Å²) < 4.78 is 39.9. The molecule has 1 aromatic carbocycles. The van der Waals surface area contributed by atoms with E-state index in [-0.39, 0.29) is 11.8 Å². The van der Waals surface area contributed by atoms with Crippen molar-refractivity contribution < 1.29 is 27.6 Å². The van der Waals surface area contributed by atoms with Gasteiger partial charge in [-0.3, -0.25) is 19.3 Å². The van der Waals surface area contributed by atoms with Crippen LogP contribution in [0, 0.1) is 23.4 Å². The van der Waals surface area contributed by atoms with Crippen LogP contribution in [0.25, 0.3) is 0 Å². The highest BCUT2D eigenvalue weighted by molar-refractivity contribution is 7.09. The Balaban J connectivity index is 1.37. The first kappa shape index (κ1) is 25.7. The van der Waals surface area contributed by atoms with E-state index in [9.17, 15) is 27.6 Å². The summed E-state index contributed by atoms with van der Waals surface area (Å²) in [5.74, 6) is -5.82. The zero-order valence-electron chi connectivity index (χ0n) is 18.7. The molecular formula is C23H27F3N4O3S. The van der Waals surface area contributed by atoms with Gasteiger partial charge >= 0.3 is 0 Å². The van der Waals surface area contributed by atoms with Crippen molar-refractivity contribution in [3.63, 3.8) is 0 Å². The van der Waals surface area contributed by atoms with Gasteiger partial charge in [0.1, 0.15) is 0 Å². The normalized spacial score (nSPS) is 15.5. The lowest BCUT2D eigenvalue weighted by Gasteiger charge is -2.34. The number of hydrogen-bond donors (Lipinski definition) is 3. The van der Waals surface area contributed by atoms with Gasteiger partial charge in [0.25, 0.3) is 0 Å². The molecule has 0 saturated carbocycles. The molecule has 1 unspecified atom stereocenters. The minimum absolute atomic E-state index is 0.0226. The number of piperidine rings is 1. The molecule has 1 fully saturated rings. The number of thiophene rings is 1. The Hall–Kier alpha value is -2.92. The topological polar surface area (TPSA) is 90.5 Å². The first-order chi connectivity index (χ1) is 16.3. The number of likely N-dealkylation sites (tertiary alicyclic amines) is 1. The van der Waals surface area contributed by atoms with Crippen LogP contribution in [0.3, 0.4) is 0 Å². The van der Waals surface area contributed by atoms with Gasteiger partial charge in [-0.05, 0) is 62.9 Å². The predicted octanol–water partition coefficient (Wildman–Crippen LogP) is 2.68. The number of halogens is 3. The second kappa shape index (κ2) is 12.0. The molecule has 0 aliphatic carbocycles. The van der Waals surface area contributed by atoms with Crippen molar-refractivity contribution in [2.24, 2.45) is 5.92 Å². The fraction of sp³-hybridized carbons (Fsp3) is 0.435. The van der Waals surface area contributed by atoms with Crippen LogP contribution in [0.4, 0.5) is 18.9 Å². The van der Waals surface area contributed by atoms with Crippen LogP contribution in [-0.2, 0) is 20.8 Å². The third-order valence-corrected chi connectivity index (χ3v) is 6.75. The average molecular weight is 497 g/mol. The maximum Gasteiger partial charge on any atom is 0.243 e. The summed E-state index contributed by atoms with van der Waals surface area (Å²) in [4.78, 5) is 40.0. The van der Waals surface area contributed by atoms with Gasteiger partial charge in [-0.2, -0.15) is 0 Å². The van der Waals surface area contributed by atoms with Crippen LogP contribution < -0.4 is 16.0 Å². The molecule has 34 heavy (non-hydrogen) atoms. The number of carbonyl (C=O) groups excluding carboxylic acids is 3. The summed E-state index contributed by atoms with van der Waals surface area (Å²) in [5.41, 5.74) is -0.512. The van der Waals surface area contributed by atoms with Crippen molar-refractivity contribution >= 4 is 34.7 Å². The molecule has 184 valence electrons. The van der Waals surface area contributed by atoms with Crippen LogP contribution in [0.5, 0.6) is 0 Å². The lowest BCUT2D eigenvalue weighted by Crippen LogP contribution is -2.50. The highest BCUT2D eigenvalue weighted by atomic mass is 32.1. The number of rotatable bonds is 9. The molecule has 3 amide bonds. The van der Waals surface area contributed by atoms with Gasteiger partial charge in [0.05, 0.1) is 18.3 Å². The van der Waals surface area contributed by atoms with Gasteiger partial charge < -0.3 is 16.0 Å². The van der Waals surface area contributed by atoms with Crippen LogP contribution in [0.1, 0.15) is 24.6 Å². The van der Waals surface area contributed by atoms with Gasteiger partial charge in [-0.25, -0.2) is 13.2 Å². The van der Waals surface area contributed by atoms with Gasteiger partial charge in [0.15, 0.2) is 17.5 Å².